The molecular formula is C33H43ClN8O11. The van der Waals surface area contributed by atoms with E-state index in [0.29, 0.717) is 23.6 Å². The number of esters is 1. The van der Waals surface area contributed by atoms with Gasteiger partial charge in [-0.1, -0.05) is 87.3 Å². The standard InChI is InChI=1S/C33H43ClN8O11/c1-5-6-11-27-37-29(34)28(40(27)19-22-12-14-23(15-13-22)25-9-7-8-10-26(25)30(38-35)39-36)31(43)51-21(2)52-32(44)49-17-16-33(3,4)18-24(53-42(47)48)20-50-41(45)46/h7-10,12-15,21,24H,5-6,11,16-20,35-36H2,1-4H3,(H,38,39). The molecule has 0 aliphatic rings. The third-order valence-electron chi connectivity index (χ3n) is 7.92. The van der Waals surface area contributed by atoms with E-state index in [1.165, 1.54) is 6.92 Å². The number of rotatable bonds is 20. The van der Waals surface area contributed by atoms with Gasteiger partial charge in [0.15, 0.2) is 16.7 Å². The number of aromatic nitrogens is 2. The van der Waals surface area contributed by atoms with E-state index in [1.54, 1.807) is 18.4 Å². The number of carbonyl (C=O) groups is 2. The third kappa shape index (κ3) is 12.8. The van der Waals surface area contributed by atoms with Crippen molar-refractivity contribution in [2.45, 2.75) is 78.7 Å². The summed E-state index contributed by atoms with van der Waals surface area (Å²) in [7, 11) is 0. The summed E-state index contributed by atoms with van der Waals surface area (Å²) >= 11 is 6.48. The fourth-order valence-corrected chi connectivity index (χ4v) is 5.65. The van der Waals surface area contributed by atoms with Crippen LogP contribution in [-0.2, 0) is 36.9 Å². The van der Waals surface area contributed by atoms with Gasteiger partial charge in [-0.2, -0.15) is 5.10 Å². The summed E-state index contributed by atoms with van der Waals surface area (Å²) in [6.45, 7) is 6.11. The molecule has 0 fully saturated rings. The number of nitrogens with two attached hydrogens (primary N) is 2. The molecule has 5 N–H and O–H groups in total. The second-order valence-electron chi connectivity index (χ2n) is 12.5. The van der Waals surface area contributed by atoms with Crippen LogP contribution in [0.15, 0.2) is 53.6 Å². The number of hydrogen-bond acceptors (Lipinski definition) is 15. The summed E-state index contributed by atoms with van der Waals surface area (Å²) in [5.41, 5.74) is 4.98. The third-order valence-corrected chi connectivity index (χ3v) is 8.18. The molecule has 1 heterocycles. The predicted molar refractivity (Wildman–Crippen MR) is 190 cm³/mol. The van der Waals surface area contributed by atoms with Crippen molar-refractivity contribution in [3.05, 3.63) is 96.6 Å². The first-order chi connectivity index (χ1) is 25.2. The summed E-state index contributed by atoms with van der Waals surface area (Å²) in [4.78, 5) is 60.3. The van der Waals surface area contributed by atoms with E-state index in [9.17, 15) is 29.8 Å². The van der Waals surface area contributed by atoms with E-state index in [-0.39, 0.29) is 36.8 Å². The number of hydrogen-bond donors (Lipinski definition) is 3. The Hall–Kier alpha value is -5.69. The summed E-state index contributed by atoms with van der Waals surface area (Å²) in [6.07, 6.45) is -1.43. The predicted octanol–water partition coefficient (Wildman–Crippen LogP) is 4.93. The SMILES string of the molecule is CCCCc1nc(Cl)c(C(=O)OC(C)OC(=O)OCCC(C)(C)CC(CO[N+](=O)[O-])O[N+](=O)[O-])n1Cc1ccc(-c2ccccc2/C(=N/N)NN)cc1. The molecule has 0 bridgehead atoms. The molecule has 53 heavy (non-hydrogen) atoms. The first-order valence-electron chi connectivity index (χ1n) is 16.5. The monoisotopic (exact) mass is 762 g/mol. The molecule has 2 aromatic carbocycles. The number of halogens is 1. The minimum Gasteiger partial charge on any atom is -0.434 e. The lowest BCUT2D eigenvalue weighted by Crippen LogP contribution is -2.32. The molecule has 288 valence electrons. The van der Waals surface area contributed by atoms with Gasteiger partial charge < -0.3 is 39.7 Å². The van der Waals surface area contributed by atoms with E-state index in [0.717, 1.165) is 29.5 Å². The molecule has 0 spiro atoms. The molecule has 20 heteroatoms. The van der Waals surface area contributed by atoms with Crippen LogP contribution in [0.1, 0.15) is 80.8 Å². The maximum absolute atomic E-state index is 13.4. The molecule has 3 rings (SSSR count). The molecular weight excluding hydrogens is 720 g/mol. The second-order valence-corrected chi connectivity index (χ2v) is 12.9. The van der Waals surface area contributed by atoms with E-state index in [2.05, 4.69) is 25.2 Å². The van der Waals surface area contributed by atoms with Crippen molar-refractivity contribution >= 4 is 29.6 Å². The van der Waals surface area contributed by atoms with Gasteiger partial charge in [0.2, 0.25) is 6.29 Å². The second kappa shape index (κ2) is 19.8. The highest BCUT2D eigenvalue weighted by molar-refractivity contribution is 6.32. The van der Waals surface area contributed by atoms with Crippen molar-refractivity contribution in [2.75, 3.05) is 13.2 Å². The minimum atomic E-state index is -1.39. The Kier molecular flexibility index (Phi) is 15.6. The number of unbranched alkanes of at least 4 members (excludes halogenated alkanes) is 1. The molecule has 0 amide bonds. The molecule has 0 saturated heterocycles. The molecule has 2 atom stereocenters. The lowest BCUT2D eigenvalue weighted by atomic mass is 9.84. The molecule has 0 saturated carbocycles. The number of amidine groups is 1. The Morgan fingerprint density at radius 3 is 2.42 bits per heavy atom. The number of imidazole rings is 1. The number of carbonyl (C=O) groups excluding carboxylic acids is 2. The van der Waals surface area contributed by atoms with Gasteiger partial charge in [-0.25, -0.2) is 20.4 Å². The van der Waals surface area contributed by atoms with Crippen LogP contribution in [0.3, 0.4) is 0 Å². The Labute approximate surface area is 309 Å². The van der Waals surface area contributed by atoms with Crippen molar-refractivity contribution in [1.82, 2.24) is 15.0 Å². The number of benzene rings is 2. The Bertz CT molecular complexity index is 1750. The molecule has 2 unspecified atom stereocenters. The van der Waals surface area contributed by atoms with Crippen LogP contribution in [0.5, 0.6) is 0 Å². The van der Waals surface area contributed by atoms with Crippen LogP contribution < -0.4 is 17.1 Å². The van der Waals surface area contributed by atoms with Crippen LogP contribution in [0.25, 0.3) is 11.1 Å². The Morgan fingerprint density at radius 1 is 1.09 bits per heavy atom. The molecule has 0 radical (unpaired) electrons. The fraction of sp³-hybridized carbons (Fsp3) is 0.455. The topological polar surface area (TPSA) is 261 Å². The summed E-state index contributed by atoms with van der Waals surface area (Å²) in [5, 5.41) is 22.8. The molecule has 1 aromatic heterocycles. The first kappa shape index (κ1) is 41.7. The zero-order chi connectivity index (χ0) is 39.1. The van der Waals surface area contributed by atoms with Gasteiger partial charge >= 0.3 is 12.1 Å². The van der Waals surface area contributed by atoms with Crippen molar-refractivity contribution in [3.8, 4) is 11.1 Å². The van der Waals surface area contributed by atoms with Gasteiger partial charge in [0, 0.05) is 25.5 Å². The zero-order valence-corrected chi connectivity index (χ0v) is 30.4. The van der Waals surface area contributed by atoms with Crippen molar-refractivity contribution in [3.63, 3.8) is 0 Å². The van der Waals surface area contributed by atoms with Gasteiger partial charge in [0.25, 0.3) is 10.2 Å². The van der Waals surface area contributed by atoms with Crippen molar-refractivity contribution in [1.29, 1.82) is 0 Å². The van der Waals surface area contributed by atoms with Crippen LogP contribution in [0.2, 0.25) is 5.15 Å². The lowest BCUT2D eigenvalue weighted by molar-refractivity contribution is -0.790. The average Bonchev–Trinajstić information content (AvgIpc) is 3.40. The van der Waals surface area contributed by atoms with Crippen LogP contribution in [0.4, 0.5) is 4.79 Å². The molecule has 0 aliphatic heterocycles. The Balaban J connectivity index is 1.67. The number of nitrogens with zero attached hydrogens (tertiary/aromatic N) is 5. The number of nitrogens with one attached hydrogen (secondary N) is 1. The maximum atomic E-state index is 13.4. The average molecular weight is 763 g/mol. The molecule has 0 aliphatic carbocycles. The van der Waals surface area contributed by atoms with E-state index >= 15 is 0 Å². The minimum absolute atomic E-state index is 0.0249. The van der Waals surface area contributed by atoms with Crippen LogP contribution >= 0.6 is 11.6 Å². The quantitative estimate of drug-likeness (QED) is 0.0262. The largest absolute Gasteiger partial charge is 0.511 e. The van der Waals surface area contributed by atoms with Crippen LogP contribution in [0, 0.1) is 25.6 Å². The van der Waals surface area contributed by atoms with Gasteiger partial charge in [-0.15, -0.1) is 20.2 Å². The van der Waals surface area contributed by atoms with Gasteiger partial charge in [-0.3, -0.25) is 0 Å². The van der Waals surface area contributed by atoms with Gasteiger partial charge in [0.05, 0.1) is 6.61 Å². The number of aryl methyl sites for hydroxylation is 1. The van der Waals surface area contributed by atoms with E-state index in [4.69, 9.17) is 37.5 Å². The molecule has 3 aromatic rings. The Morgan fingerprint density at radius 2 is 1.79 bits per heavy atom. The van der Waals surface area contributed by atoms with Crippen molar-refractivity contribution < 1.29 is 43.6 Å². The van der Waals surface area contributed by atoms with Gasteiger partial charge in [0.1, 0.15) is 18.5 Å². The summed E-state index contributed by atoms with van der Waals surface area (Å²) in [6, 6.07) is 15.1. The summed E-state index contributed by atoms with van der Waals surface area (Å²) in [5.74, 6) is 11.1. The molecule has 19 nitrogen and oxygen atoms in total. The van der Waals surface area contributed by atoms with E-state index < -0.39 is 46.7 Å². The normalized spacial score (nSPS) is 12.7. The van der Waals surface area contributed by atoms with E-state index in [1.807, 2.05) is 55.5 Å². The zero-order valence-electron chi connectivity index (χ0n) is 29.7. The van der Waals surface area contributed by atoms with Crippen molar-refractivity contribution in [2.24, 2.45) is 22.2 Å². The number of ether oxygens (including phenoxy) is 3. The highest BCUT2D eigenvalue weighted by atomic mass is 35.5. The lowest BCUT2D eigenvalue weighted by Gasteiger charge is -2.28. The van der Waals surface area contributed by atoms with Gasteiger partial charge in [-0.05, 0) is 41.4 Å². The smallest absolute Gasteiger partial charge is 0.434 e. The summed E-state index contributed by atoms with van der Waals surface area (Å²) < 4.78 is 17.3. The van der Waals surface area contributed by atoms with Crippen LogP contribution in [-0.4, -0.2) is 63.3 Å². The maximum Gasteiger partial charge on any atom is 0.511 e. The number of hydrazone groups is 1. The number of hydrazine groups is 1. The highest BCUT2D eigenvalue weighted by Crippen LogP contribution is 2.29. The fourth-order valence-electron chi connectivity index (χ4n) is 5.38. The highest BCUT2D eigenvalue weighted by Gasteiger charge is 2.29. The first-order valence-corrected chi connectivity index (χ1v) is 16.9.